The standard InChI is InChI=1S/C31H37NO8.C31H45NO6.C24H34O4.C7H4ClNO4/c1-29-14-11-23(40-28(34)39-22-7-5-21(6-8-22)32(36)37)17-20(29)4-9-26-25(29)12-15-30(2)24(13-16-31(26,30)35)19-3-10-27(33)38-18-19;1-29-12-9-23(38-28(34)36-18-17-32-15-3-4-16-32)19-22(29)6-7-26-25(29)10-13-30(2)24(11-14-31(26,30)35)21-5-8-27(33)37-20-21;1-22-10-7-17(25)13-16(22)4-5-20-19(22)8-11-23(2)18(9-12-24(20,23)27)15-3-6-21(26)28-14-15;8-7(10)13-6-3-1-5(2-4-6)9(11)12/h3,5-8,10,18,20,23-26,35H,4,9,11-17H2,1-2H3;5,8,20,22-26,35H,3-4,6-7,9-19H2,1-2H3;3,6,14,16-20,25,27H,4-5,7-13H2,1-2H3;1-4H/t20-,23+,24-,25+,26-,29+,30-,31+;22-,23+,24-,25+,26-,29+,30-,31+;16-,17+,18-,19+,20-,22+,23-,24+;/m111./s1. The second-order valence-corrected chi connectivity index (χ2v) is 39.7. The quantitative estimate of drug-likeness (QED) is 0.0296. The summed E-state index contributed by atoms with van der Waals surface area (Å²) in [4.78, 5) is 92.0. The van der Waals surface area contributed by atoms with Gasteiger partial charge in [0.15, 0.2) is 0 Å². The monoisotopic (exact) mass is 1670 g/mol. The summed E-state index contributed by atoms with van der Waals surface area (Å²) in [5, 5.41) is 68.2. The maximum absolute atomic E-state index is 12.5. The van der Waals surface area contributed by atoms with Gasteiger partial charge >= 0.3 is 34.6 Å². The van der Waals surface area contributed by atoms with E-state index in [1.807, 2.05) is 18.2 Å². The van der Waals surface area contributed by atoms with Gasteiger partial charge in [0.1, 0.15) is 30.3 Å². The van der Waals surface area contributed by atoms with E-state index in [9.17, 15) is 69.4 Å². The Balaban J connectivity index is 0.000000131. The lowest BCUT2D eigenvalue weighted by Crippen LogP contribution is -2.62. The van der Waals surface area contributed by atoms with Crippen molar-refractivity contribution in [1.29, 1.82) is 0 Å². The zero-order chi connectivity index (χ0) is 84.4. The number of nitro benzene ring substituents is 2. The van der Waals surface area contributed by atoms with Crippen LogP contribution >= 0.6 is 11.6 Å². The fourth-order valence-corrected chi connectivity index (χ4v) is 28.2. The Morgan fingerprint density at radius 1 is 0.445 bits per heavy atom. The van der Waals surface area contributed by atoms with E-state index in [4.69, 9.17) is 43.8 Å². The first kappa shape index (κ1) is 86.1. The molecule has 12 aliphatic carbocycles. The molecule has 0 radical (unpaired) electrons. The molecule has 5 aromatic rings. The molecule has 25 nitrogen and oxygen atoms in total. The van der Waals surface area contributed by atoms with E-state index in [1.165, 1.54) is 86.0 Å². The average Bonchev–Trinajstić information content (AvgIpc) is 1.63. The van der Waals surface area contributed by atoms with Crippen molar-refractivity contribution in [3.8, 4) is 11.5 Å². The summed E-state index contributed by atoms with van der Waals surface area (Å²) in [6.45, 7) is 17.5. The SMILES string of the molecule is C[C@]12CC[C@H](O)C[C@H]1CC[C@@H]1[C@@H]2CC[C@]2(C)[C@@H](c3ccc(=O)oc3)CC[C@]12O.C[C@]12CC[C@H](OC(=O)OCCN3CCCC3)C[C@H]1CC[C@@H]1[C@@H]2CC[C@]2(C)[C@@H](c3ccc(=O)oc3)CC[C@]12O.C[C@]12CC[C@H](OC(=O)Oc3ccc([N+](=O)[O-])cc3)C[C@H]1CC[C@@H]1[C@@H]2CC[C@]2(C)[C@@H](c3ccc(=O)oc3)CC[C@]12O.O=C(Cl)Oc1ccc([N+](=O)[O-])cc1. The number of fused-ring (bicyclic) bond motifs is 15. The van der Waals surface area contributed by atoms with E-state index < -0.39 is 44.4 Å². The third-order valence-electron chi connectivity index (χ3n) is 34.7. The Bertz CT molecular complexity index is 4640. The van der Waals surface area contributed by atoms with Crippen LogP contribution in [0.1, 0.15) is 262 Å². The number of nitrogens with zero attached hydrogens (tertiary/aromatic N) is 3. The number of likely N-dealkylation sites (tertiary alicyclic amines) is 1. The van der Waals surface area contributed by atoms with Crippen molar-refractivity contribution in [3.05, 3.63) is 172 Å². The Hall–Kier alpha value is -7.81. The molecule has 0 bridgehead atoms. The predicted molar refractivity (Wildman–Crippen MR) is 440 cm³/mol. The molecule has 13 fully saturated rings. The second-order valence-electron chi connectivity index (χ2n) is 39.4. The van der Waals surface area contributed by atoms with E-state index in [0.29, 0.717) is 48.0 Å². The number of non-ortho nitro benzene ring substituents is 2. The Morgan fingerprint density at radius 3 is 1.17 bits per heavy atom. The van der Waals surface area contributed by atoms with Crippen LogP contribution in [0.5, 0.6) is 11.5 Å². The molecular formula is C93H120ClN3O22. The van der Waals surface area contributed by atoms with Gasteiger partial charge in [-0.3, -0.25) is 25.1 Å². The lowest BCUT2D eigenvalue weighted by molar-refractivity contribution is -0.385. The summed E-state index contributed by atoms with van der Waals surface area (Å²) in [6.07, 6.45) is 31.5. The predicted octanol–water partition coefficient (Wildman–Crippen LogP) is 18.4. The summed E-state index contributed by atoms with van der Waals surface area (Å²) < 4.78 is 42.3. The van der Waals surface area contributed by atoms with Gasteiger partial charge in [0, 0.05) is 76.9 Å². The molecule has 12 saturated carbocycles. The van der Waals surface area contributed by atoms with Crippen LogP contribution in [0.15, 0.2) is 131 Å². The lowest BCUT2D eigenvalue weighted by atomic mass is 9.43. The number of carbonyl (C=O) groups is 3. The minimum atomic E-state index is -0.978. The number of hydrogen-bond donors (Lipinski definition) is 4. The molecule has 2 aromatic carbocycles. The summed E-state index contributed by atoms with van der Waals surface area (Å²) in [5.41, 5.74) is -1.22. The van der Waals surface area contributed by atoms with Crippen LogP contribution in [0.2, 0.25) is 0 Å². The highest BCUT2D eigenvalue weighted by atomic mass is 35.5. The van der Waals surface area contributed by atoms with Crippen molar-refractivity contribution in [2.75, 3.05) is 26.2 Å². The summed E-state index contributed by atoms with van der Waals surface area (Å²) >= 11 is 4.92. The Morgan fingerprint density at radius 2 is 0.807 bits per heavy atom. The van der Waals surface area contributed by atoms with Crippen molar-refractivity contribution < 1.29 is 81.6 Å². The maximum atomic E-state index is 12.5. The van der Waals surface area contributed by atoms with Gasteiger partial charge < -0.3 is 57.4 Å². The van der Waals surface area contributed by atoms with Gasteiger partial charge in [0.05, 0.1) is 51.5 Å². The minimum Gasteiger partial charge on any atom is -0.433 e. The highest BCUT2D eigenvalue weighted by Gasteiger charge is 2.71. The number of aliphatic hydroxyl groups is 4. The molecular weight excluding hydrogens is 1550 g/mol. The van der Waals surface area contributed by atoms with Crippen LogP contribution in [0.25, 0.3) is 0 Å². The third-order valence-corrected chi connectivity index (χ3v) is 34.7. The van der Waals surface area contributed by atoms with Crippen molar-refractivity contribution in [1.82, 2.24) is 4.90 Å². The molecule has 24 atom stereocenters. The number of nitro groups is 2. The number of carbonyl (C=O) groups excluding carboxylic acids is 3. The number of benzene rings is 2. The molecule has 0 unspecified atom stereocenters. The number of ether oxygens (including phenoxy) is 5. The van der Waals surface area contributed by atoms with Gasteiger partial charge in [-0.25, -0.2) is 28.8 Å². The molecule has 13 aliphatic rings. The van der Waals surface area contributed by atoms with Crippen LogP contribution in [-0.4, -0.2) is 114 Å². The summed E-state index contributed by atoms with van der Waals surface area (Å²) in [6, 6.07) is 20.6. The molecule has 0 spiro atoms. The fourth-order valence-electron chi connectivity index (χ4n) is 28.1. The molecule has 1 aliphatic heterocycles. The van der Waals surface area contributed by atoms with Crippen LogP contribution in [0, 0.1) is 106 Å². The van der Waals surface area contributed by atoms with E-state index in [-0.39, 0.29) is 120 Å². The second kappa shape index (κ2) is 33.8. The minimum absolute atomic E-state index is 0.0653. The fraction of sp³-hybridized carbons (Fsp3) is 0.677. The molecule has 4 N–H and O–H groups in total. The van der Waals surface area contributed by atoms with Crippen molar-refractivity contribution in [2.45, 2.75) is 281 Å². The lowest BCUT2D eigenvalue weighted by Gasteiger charge is -2.63. The molecule has 4 heterocycles. The van der Waals surface area contributed by atoms with E-state index >= 15 is 0 Å². The van der Waals surface area contributed by atoms with E-state index in [0.717, 1.165) is 203 Å². The first-order valence-corrected chi connectivity index (χ1v) is 44.4. The molecule has 18 rings (SSSR count). The largest absolute Gasteiger partial charge is 0.514 e. The maximum Gasteiger partial charge on any atom is 0.514 e. The molecule has 0 amide bonds. The zero-order valence-corrected chi connectivity index (χ0v) is 70.4. The van der Waals surface area contributed by atoms with Gasteiger partial charge in [-0.1, -0.05) is 41.5 Å². The summed E-state index contributed by atoms with van der Waals surface area (Å²) in [5.74, 6) is 4.83. The van der Waals surface area contributed by atoms with E-state index in [1.54, 1.807) is 18.8 Å². The molecule has 119 heavy (non-hydrogen) atoms. The van der Waals surface area contributed by atoms with Gasteiger partial charge in [-0.05, 0) is 346 Å². The first-order chi connectivity index (χ1) is 56.6. The van der Waals surface area contributed by atoms with Crippen molar-refractivity contribution in [2.24, 2.45) is 85.8 Å². The smallest absolute Gasteiger partial charge is 0.433 e. The van der Waals surface area contributed by atoms with Crippen molar-refractivity contribution >= 4 is 40.7 Å². The Kier molecular flexibility index (Phi) is 24.5. The van der Waals surface area contributed by atoms with Gasteiger partial charge in [-0.2, -0.15) is 0 Å². The highest BCUT2D eigenvalue weighted by Crippen LogP contribution is 2.74. The molecule has 3 aromatic heterocycles. The normalized spacial score (nSPS) is 39.4. The Labute approximate surface area is 699 Å². The average molecular weight is 1670 g/mol. The first-order valence-electron chi connectivity index (χ1n) is 44.1. The van der Waals surface area contributed by atoms with E-state index in [2.05, 4.69) is 51.2 Å². The van der Waals surface area contributed by atoms with Gasteiger partial charge in [-0.15, -0.1) is 0 Å². The third kappa shape index (κ3) is 16.1. The van der Waals surface area contributed by atoms with Crippen LogP contribution in [0.3, 0.4) is 0 Å². The number of rotatable bonds is 12. The van der Waals surface area contributed by atoms with Crippen LogP contribution in [0.4, 0.5) is 25.8 Å². The molecule has 646 valence electrons. The molecule has 1 saturated heterocycles. The topological polar surface area (TPSA) is 358 Å². The zero-order valence-electron chi connectivity index (χ0n) is 69.7. The van der Waals surface area contributed by atoms with Crippen LogP contribution in [-0.2, 0) is 14.2 Å². The van der Waals surface area contributed by atoms with Crippen molar-refractivity contribution in [3.63, 3.8) is 0 Å². The van der Waals surface area contributed by atoms with Gasteiger partial charge in [0.2, 0.25) is 0 Å². The van der Waals surface area contributed by atoms with Crippen LogP contribution < -0.4 is 26.4 Å². The summed E-state index contributed by atoms with van der Waals surface area (Å²) in [7, 11) is 0. The highest BCUT2D eigenvalue weighted by molar-refractivity contribution is 6.61. The number of halogens is 1. The number of aliphatic hydroxyl groups excluding tert-OH is 1. The van der Waals surface area contributed by atoms with Gasteiger partial charge in [0.25, 0.3) is 11.4 Å². The molecule has 26 heteroatoms. The number of hydrogen-bond acceptors (Lipinski definition) is 23.